The first kappa shape index (κ1) is 23.2. The first-order chi connectivity index (χ1) is 12.8. The molecule has 2 N–H and O–H groups in total. The molecule has 0 aliphatic heterocycles. The number of hydrogen-bond donors (Lipinski definition) is 2. The van der Waals surface area contributed by atoms with Crippen LogP contribution in [0.3, 0.4) is 0 Å². The Morgan fingerprint density at radius 1 is 1.19 bits per heavy atom. The van der Waals surface area contributed by atoms with Gasteiger partial charge in [0.25, 0.3) is 0 Å². The third kappa shape index (κ3) is 9.63. The number of hydrogen-bond acceptors (Lipinski definition) is 5. The third-order valence-corrected chi connectivity index (χ3v) is 5.30. The Balaban J connectivity index is 2.34. The summed E-state index contributed by atoms with van der Waals surface area (Å²) in [6.45, 7) is 8.79. The highest BCUT2D eigenvalue weighted by Crippen LogP contribution is 2.11. The van der Waals surface area contributed by atoms with E-state index in [4.69, 9.17) is 21.1 Å². The molecule has 1 aromatic carbocycles. The molecular weight excluding hydrogens is 388 g/mol. The molecule has 0 saturated heterocycles. The zero-order valence-electron chi connectivity index (χ0n) is 15.8. The summed E-state index contributed by atoms with van der Waals surface area (Å²) >= 11 is 5.84. The molecule has 0 amide bonds. The van der Waals surface area contributed by atoms with Gasteiger partial charge in [-0.3, -0.25) is 0 Å². The fraction of sp³-hybridized carbons (Fsp3) is 0.368. The van der Waals surface area contributed by atoms with Crippen molar-refractivity contribution in [3.63, 3.8) is 0 Å². The molecule has 0 aliphatic carbocycles. The van der Waals surface area contributed by atoms with Crippen LogP contribution in [0.25, 0.3) is 0 Å². The van der Waals surface area contributed by atoms with Crippen LogP contribution < -0.4 is 10.0 Å². The zero-order chi connectivity index (χ0) is 20.3. The second-order valence-corrected chi connectivity index (χ2v) is 8.15. The molecule has 0 aromatic heterocycles. The molecule has 0 saturated carbocycles. The number of rotatable bonds is 13. The predicted molar refractivity (Wildman–Crippen MR) is 110 cm³/mol. The second-order valence-electron chi connectivity index (χ2n) is 5.78. The first-order valence-corrected chi connectivity index (χ1v) is 10.4. The summed E-state index contributed by atoms with van der Waals surface area (Å²) in [6.07, 6.45) is 2.04. The van der Waals surface area contributed by atoms with E-state index in [0.717, 1.165) is 5.56 Å². The topological polar surface area (TPSA) is 76.7 Å². The van der Waals surface area contributed by atoms with Crippen molar-refractivity contribution < 1.29 is 17.9 Å². The van der Waals surface area contributed by atoms with Gasteiger partial charge in [-0.25, -0.2) is 13.1 Å². The van der Waals surface area contributed by atoms with Crippen molar-refractivity contribution in [1.29, 1.82) is 0 Å². The van der Waals surface area contributed by atoms with Crippen LogP contribution in [0.15, 0.2) is 60.6 Å². The van der Waals surface area contributed by atoms with E-state index in [-0.39, 0.29) is 12.3 Å². The number of halogens is 1. The Kier molecular flexibility index (Phi) is 10.2. The molecule has 0 heterocycles. The Labute approximate surface area is 166 Å². The summed E-state index contributed by atoms with van der Waals surface area (Å²) in [5.74, 6) is 0.821. The average Bonchev–Trinajstić information content (AvgIpc) is 2.65. The van der Waals surface area contributed by atoms with E-state index in [1.807, 2.05) is 24.3 Å². The predicted octanol–water partition coefficient (Wildman–Crippen LogP) is 2.99. The molecule has 0 radical (unpaired) electrons. The molecule has 0 unspecified atom stereocenters. The van der Waals surface area contributed by atoms with Gasteiger partial charge >= 0.3 is 0 Å². The lowest BCUT2D eigenvalue weighted by Gasteiger charge is -2.12. The van der Waals surface area contributed by atoms with Gasteiger partial charge in [-0.1, -0.05) is 36.9 Å². The summed E-state index contributed by atoms with van der Waals surface area (Å²) < 4.78 is 36.8. The van der Waals surface area contributed by atoms with Crippen LogP contribution in [0.5, 0.6) is 0 Å². The van der Waals surface area contributed by atoms with Crippen LogP contribution in [-0.2, 0) is 26.0 Å². The highest BCUT2D eigenvalue weighted by atomic mass is 35.5. The van der Waals surface area contributed by atoms with Crippen LogP contribution in [-0.4, -0.2) is 41.5 Å². The summed E-state index contributed by atoms with van der Waals surface area (Å²) in [4.78, 5) is 0. The van der Waals surface area contributed by atoms with Gasteiger partial charge in [-0.2, -0.15) is 0 Å². The highest BCUT2D eigenvalue weighted by molar-refractivity contribution is 7.89. The summed E-state index contributed by atoms with van der Waals surface area (Å²) in [6, 6.07) is 7.51. The number of ether oxygens (including phenoxy) is 2. The maximum Gasteiger partial charge on any atom is 0.211 e. The normalized spacial score (nSPS) is 11.9. The lowest BCUT2D eigenvalue weighted by Crippen LogP contribution is -2.30. The van der Waals surface area contributed by atoms with Crippen molar-refractivity contribution in [2.75, 3.05) is 33.1 Å². The maximum absolute atomic E-state index is 12.1. The summed E-state index contributed by atoms with van der Waals surface area (Å²) in [7, 11) is -0.450. The number of methoxy groups -OCH3 is 2. The molecule has 0 bridgehead atoms. The van der Waals surface area contributed by atoms with Gasteiger partial charge in [0, 0.05) is 29.8 Å². The molecule has 0 fully saturated rings. The molecule has 0 atom stereocenters. The van der Waals surface area contributed by atoms with E-state index in [0.29, 0.717) is 41.6 Å². The van der Waals surface area contributed by atoms with Crippen LogP contribution in [0.1, 0.15) is 12.0 Å². The van der Waals surface area contributed by atoms with Gasteiger partial charge in [-0.15, -0.1) is 0 Å². The van der Waals surface area contributed by atoms with E-state index in [1.165, 1.54) is 14.2 Å². The lowest BCUT2D eigenvalue weighted by atomic mass is 10.2. The SMILES string of the molecule is C=C(/C=C(/OC)C(=C)CNS(=O)(=O)CCCNCc1ccc(Cl)cc1)OC. The van der Waals surface area contributed by atoms with E-state index in [9.17, 15) is 8.42 Å². The lowest BCUT2D eigenvalue weighted by molar-refractivity contribution is 0.282. The van der Waals surface area contributed by atoms with Gasteiger partial charge in [-0.05, 0) is 30.7 Å². The molecule has 0 aliphatic rings. The molecular formula is C19H27ClN2O4S. The standard InChI is InChI=1S/C19H27ClN2O4S/c1-15(19(26-4)12-16(2)25-3)13-22-27(23,24)11-5-10-21-14-17-6-8-18(20)9-7-17/h6-9,12,21-22H,1-2,5,10-11,13-14H2,3-4H3/b19-12+. The van der Waals surface area contributed by atoms with E-state index < -0.39 is 10.0 Å². The Hall–Kier alpha value is -1.80. The second kappa shape index (κ2) is 11.8. The highest BCUT2D eigenvalue weighted by Gasteiger charge is 2.12. The van der Waals surface area contributed by atoms with Crippen molar-refractivity contribution in [2.24, 2.45) is 0 Å². The van der Waals surface area contributed by atoms with Crippen LogP contribution in [0.4, 0.5) is 0 Å². The minimum atomic E-state index is -3.41. The Morgan fingerprint density at radius 3 is 2.44 bits per heavy atom. The van der Waals surface area contributed by atoms with Crippen molar-refractivity contribution in [1.82, 2.24) is 10.0 Å². The van der Waals surface area contributed by atoms with Crippen molar-refractivity contribution >= 4 is 21.6 Å². The van der Waals surface area contributed by atoms with Crippen LogP contribution in [0.2, 0.25) is 5.02 Å². The quantitative estimate of drug-likeness (QED) is 0.295. The summed E-state index contributed by atoms with van der Waals surface area (Å²) in [5.41, 5.74) is 1.58. The Bertz CT molecular complexity index is 758. The fourth-order valence-electron chi connectivity index (χ4n) is 2.09. The molecule has 150 valence electrons. The molecule has 27 heavy (non-hydrogen) atoms. The fourth-order valence-corrected chi connectivity index (χ4v) is 3.28. The van der Waals surface area contributed by atoms with E-state index >= 15 is 0 Å². The van der Waals surface area contributed by atoms with Gasteiger partial charge in [0.1, 0.15) is 11.5 Å². The third-order valence-electron chi connectivity index (χ3n) is 3.64. The molecule has 0 spiro atoms. The zero-order valence-corrected chi connectivity index (χ0v) is 17.3. The Morgan fingerprint density at radius 2 is 1.85 bits per heavy atom. The van der Waals surface area contributed by atoms with Crippen molar-refractivity contribution in [2.45, 2.75) is 13.0 Å². The largest absolute Gasteiger partial charge is 0.497 e. The van der Waals surface area contributed by atoms with Gasteiger partial charge in [0.05, 0.1) is 20.0 Å². The number of nitrogens with one attached hydrogen (secondary N) is 2. The number of sulfonamides is 1. The van der Waals surface area contributed by atoms with Gasteiger partial charge < -0.3 is 14.8 Å². The van der Waals surface area contributed by atoms with Crippen molar-refractivity contribution in [3.05, 3.63) is 71.2 Å². The maximum atomic E-state index is 12.1. The van der Waals surface area contributed by atoms with Gasteiger partial charge in [0.2, 0.25) is 10.0 Å². The minimum Gasteiger partial charge on any atom is -0.497 e. The minimum absolute atomic E-state index is 0.0186. The van der Waals surface area contributed by atoms with Crippen molar-refractivity contribution in [3.8, 4) is 0 Å². The molecule has 1 aromatic rings. The molecule has 1 rings (SSSR count). The van der Waals surface area contributed by atoms with Gasteiger partial charge in [0.15, 0.2) is 0 Å². The number of allylic oxidation sites excluding steroid dienone is 1. The molecule has 8 heteroatoms. The van der Waals surface area contributed by atoms with E-state index in [1.54, 1.807) is 6.08 Å². The smallest absolute Gasteiger partial charge is 0.211 e. The average molecular weight is 415 g/mol. The first-order valence-electron chi connectivity index (χ1n) is 8.36. The number of benzene rings is 1. The van der Waals surface area contributed by atoms with Crippen LogP contribution in [0, 0.1) is 0 Å². The summed E-state index contributed by atoms with van der Waals surface area (Å²) in [5, 5.41) is 3.90. The molecule has 6 nitrogen and oxygen atoms in total. The van der Waals surface area contributed by atoms with Crippen LogP contribution >= 0.6 is 11.6 Å². The monoisotopic (exact) mass is 414 g/mol. The van der Waals surface area contributed by atoms with E-state index in [2.05, 4.69) is 23.2 Å².